The lowest BCUT2D eigenvalue weighted by Gasteiger charge is -2.26. The zero-order chi connectivity index (χ0) is 45.0. The van der Waals surface area contributed by atoms with Crippen LogP contribution < -0.4 is 29.0 Å². The monoisotopic (exact) mass is 856 g/mol. The van der Waals surface area contributed by atoms with Gasteiger partial charge in [-0.3, -0.25) is 0 Å². The molecule has 324 valence electrons. The van der Waals surface area contributed by atoms with Gasteiger partial charge in [-0.1, -0.05) is 12.1 Å². The highest BCUT2D eigenvalue weighted by Gasteiger charge is 2.23. The zero-order valence-corrected chi connectivity index (χ0v) is 36.1. The number of hydrogen-bond acceptors (Lipinski definition) is 13. The van der Waals surface area contributed by atoms with Crippen molar-refractivity contribution in [3.63, 3.8) is 0 Å². The maximum atomic E-state index is 9.54. The number of fused-ring (bicyclic) bond motifs is 3. The number of hydrogen-bond donors (Lipinski definition) is 3. The number of ether oxygens (including phenoxy) is 5. The minimum atomic E-state index is -0.0403. The Bertz CT molecular complexity index is 2820. The Morgan fingerprint density at radius 2 is 1.33 bits per heavy atom. The molecule has 2 aliphatic carbocycles. The second-order valence-electron chi connectivity index (χ2n) is 15.0. The third-order valence-electron chi connectivity index (χ3n) is 10.9. The van der Waals surface area contributed by atoms with E-state index in [-0.39, 0.29) is 11.9 Å². The van der Waals surface area contributed by atoms with Crippen molar-refractivity contribution in [2.45, 2.75) is 51.0 Å². The Hall–Kier alpha value is -8.10. The summed E-state index contributed by atoms with van der Waals surface area (Å²) < 4.78 is 29.0. The lowest BCUT2D eigenvalue weighted by Crippen LogP contribution is -2.15. The van der Waals surface area contributed by atoms with E-state index in [1.165, 1.54) is 62.5 Å². The van der Waals surface area contributed by atoms with Gasteiger partial charge in [0.15, 0.2) is 0 Å². The second kappa shape index (κ2) is 20.6. The van der Waals surface area contributed by atoms with E-state index >= 15 is 0 Å². The number of anilines is 2. The van der Waals surface area contributed by atoms with Crippen molar-refractivity contribution in [2.24, 2.45) is 0 Å². The Labute approximate surface area is 371 Å². The molecule has 14 nitrogen and oxygen atoms in total. The third kappa shape index (κ3) is 10.5. The van der Waals surface area contributed by atoms with Crippen molar-refractivity contribution >= 4 is 28.5 Å². The number of phenolic OH excluding ortho intramolecular Hbond substituents is 1. The zero-order valence-electron chi connectivity index (χ0n) is 36.1. The summed E-state index contributed by atoms with van der Waals surface area (Å²) in [5, 5.41) is 43.4. The van der Waals surface area contributed by atoms with Crippen molar-refractivity contribution in [3.8, 4) is 52.8 Å². The SMILES string of the molecule is COc1cc(-n2ncc3ccc(O[C@H]4CCCc5cc(C#N)ccc54)cc32)cc(OC)n1.COc1cc(Nc2cc(O)ccc2C=N)cc(OC)n1.N#Cc1ccc2c(c1)CCCC2. The standard InChI is InChI=1S/C25H22N4O3.C14H15N3O3.C11H11N/c1-30-24-11-19(12-25(28-24)31-2)29-22-13-20(8-7-18(22)15-27-29)32-23-5-3-4-17-10-16(14-26)6-9-21(17)23;1-19-13-5-10(6-14(17-13)20-2)16-12-7-11(18)4-3-9(12)8-15;12-8-9-5-6-10-3-1-2-4-11(10)7-9/h6-13,15,23H,3-5H2,1-2H3;3-8,15,18H,1-2H3,(H,16,17);5-7H,1-4H2/t23-;;/m0../s1. The molecule has 0 fully saturated rings. The molecule has 4 aromatic carbocycles. The fourth-order valence-corrected chi connectivity index (χ4v) is 7.70. The summed E-state index contributed by atoms with van der Waals surface area (Å²) in [5.41, 5.74) is 10.3. The van der Waals surface area contributed by atoms with E-state index in [1.54, 1.807) is 38.5 Å². The average molecular weight is 857 g/mol. The summed E-state index contributed by atoms with van der Waals surface area (Å²) in [6.45, 7) is 0. The number of benzene rings is 4. The maximum Gasteiger partial charge on any atom is 0.218 e. The van der Waals surface area contributed by atoms with Crippen LogP contribution in [0.5, 0.6) is 35.0 Å². The molecule has 3 heterocycles. The molecule has 0 radical (unpaired) electrons. The Morgan fingerprint density at radius 1 is 0.703 bits per heavy atom. The summed E-state index contributed by atoms with van der Waals surface area (Å²) >= 11 is 0. The molecule has 2 aliphatic rings. The molecule has 1 atom stereocenters. The van der Waals surface area contributed by atoms with Crippen LogP contribution in [-0.2, 0) is 19.3 Å². The highest BCUT2D eigenvalue weighted by molar-refractivity contribution is 5.88. The highest BCUT2D eigenvalue weighted by Crippen LogP contribution is 2.36. The number of phenols is 1. The summed E-state index contributed by atoms with van der Waals surface area (Å²) in [6.07, 6.45) is 10.9. The van der Waals surface area contributed by atoms with Gasteiger partial charge in [0.25, 0.3) is 0 Å². The number of aromatic hydroxyl groups is 1. The lowest BCUT2D eigenvalue weighted by molar-refractivity contribution is 0.183. The molecular formula is C50H48N8O6. The van der Waals surface area contributed by atoms with Crippen LogP contribution in [0.15, 0.2) is 103 Å². The minimum absolute atomic E-state index is 0.0403. The molecule has 0 saturated heterocycles. The molecule has 0 saturated carbocycles. The quantitative estimate of drug-likeness (QED) is 0.110. The first-order chi connectivity index (χ1) is 31.2. The van der Waals surface area contributed by atoms with Crippen molar-refractivity contribution in [1.29, 1.82) is 15.9 Å². The number of pyridine rings is 2. The molecular weight excluding hydrogens is 809 g/mol. The van der Waals surface area contributed by atoms with E-state index in [2.05, 4.69) is 38.6 Å². The van der Waals surface area contributed by atoms with E-state index in [1.807, 2.05) is 71.5 Å². The summed E-state index contributed by atoms with van der Waals surface area (Å²) in [4.78, 5) is 8.35. The Morgan fingerprint density at radius 3 is 1.98 bits per heavy atom. The van der Waals surface area contributed by atoms with Crippen molar-refractivity contribution in [1.82, 2.24) is 19.7 Å². The van der Waals surface area contributed by atoms with Gasteiger partial charge < -0.3 is 39.5 Å². The minimum Gasteiger partial charge on any atom is -0.508 e. The number of rotatable bonds is 10. The van der Waals surface area contributed by atoms with Gasteiger partial charge in [-0.25, -0.2) is 4.68 Å². The summed E-state index contributed by atoms with van der Waals surface area (Å²) in [7, 11) is 6.17. The maximum absolute atomic E-state index is 9.54. The van der Waals surface area contributed by atoms with Crippen molar-refractivity contribution < 1.29 is 28.8 Å². The molecule has 7 aromatic rings. The van der Waals surface area contributed by atoms with Gasteiger partial charge in [0.2, 0.25) is 23.5 Å². The van der Waals surface area contributed by atoms with Crippen LogP contribution in [0.25, 0.3) is 16.6 Å². The number of aryl methyl sites for hydroxylation is 3. The first kappa shape index (κ1) is 44.0. The molecule has 0 bridgehead atoms. The van der Waals surface area contributed by atoms with E-state index in [0.717, 1.165) is 59.2 Å². The van der Waals surface area contributed by atoms with Crippen LogP contribution >= 0.6 is 0 Å². The molecule has 3 N–H and O–H groups in total. The van der Waals surface area contributed by atoms with E-state index < -0.39 is 0 Å². The molecule has 9 rings (SSSR count). The second-order valence-corrected chi connectivity index (χ2v) is 15.0. The molecule has 14 heteroatoms. The predicted octanol–water partition coefficient (Wildman–Crippen LogP) is 9.75. The van der Waals surface area contributed by atoms with Gasteiger partial charge >= 0.3 is 0 Å². The van der Waals surface area contributed by atoms with Gasteiger partial charge in [0.05, 0.1) is 74.8 Å². The van der Waals surface area contributed by atoms with Crippen LogP contribution in [0, 0.1) is 28.1 Å². The van der Waals surface area contributed by atoms with E-state index in [0.29, 0.717) is 46.0 Å². The van der Waals surface area contributed by atoms with Gasteiger partial charge in [-0.05, 0) is 116 Å². The molecule has 3 aromatic heterocycles. The van der Waals surface area contributed by atoms with Gasteiger partial charge in [-0.15, -0.1) is 0 Å². The van der Waals surface area contributed by atoms with Gasteiger partial charge in [0, 0.05) is 59.2 Å². The largest absolute Gasteiger partial charge is 0.508 e. The van der Waals surface area contributed by atoms with Gasteiger partial charge in [-0.2, -0.15) is 25.6 Å². The highest BCUT2D eigenvalue weighted by atomic mass is 16.5. The number of methoxy groups -OCH3 is 4. The normalized spacial score (nSPS) is 13.4. The van der Waals surface area contributed by atoms with Crippen LogP contribution in [-0.4, -0.2) is 59.5 Å². The third-order valence-corrected chi connectivity index (χ3v) is 10.9. The average Bonchev–Trinajstić information content (AvgIpc) is 3.77. The summed E-state index contributed by atoms with van der Waals surface area (Å²) in [5.74, 6) is 2.60. The predicted molar refractivity (Wildman–Crippen MR) is 244 cm³/mol. The molecule has 0 spiro atoms. The van der Waals surface area contributed by atoms with Crippen LogP contribution in [0.4, 0.5) is 11.4 Å². The van der Waals surface area contributed by atoms with Crippen molar-refractivity contribution in [3.05, 3.63) is 142 Å². The topological polar surface area (TPSA) is 193 Å². The number of aromatic nitrogens is 4. The Balaban J connectivity index is 0.000000162. The van der Waals surface area contributed by atoms with Crippen molar-refractivity contribution in [2.75, 3.05) is 33.8 Å². The van der Waals surface area contributed by atoms with E-state index in [9.17, 15) is 10.4 Å². The van der Waals surface area contributed by atoms with Crippen LogP contribution in [0.1, 0.15) is 70.7 Å². The fraction of sp³-hybridized carbons (Fsp3) is 0.240. The molecule has 0 unspecified atom stereocenters. The van der Waals surface area contributed by atoms with E-state index in [4.69, 9.17) is 34.4 Å². The first-order valence-corrected chi connectivity index (χ1v) is 20.7. The number of nitriles is 2. The molecule has 0 amide bonds. The fourth-order valence-electron chi connectivity index (χ4n) is 7.70. The smallest absolute Gasteiger partial charge is 0.218 e. The number of nitrogens with zero attached hydrogens (tertiary/aromatic N) is 6. The molecule has 0 aliphatic heterocycles. The Kier molecular flexibility index (Phi) is 14.2. The van der Waals surface area contributed by atoms with Gasteiger partial charge in [0.1, 0.15) is 17.6 Å². The summed E-state index contributed by atoms with van der Waals surface area (Å²) in [6, 6.07) is 34.0. The van der Waals surface area contributed by atoms with Crippen LogP contribution in [0.3, 0.4) is 0 Å². The lowest BCUT2D eigenvalue weighted by atomic mass is 9.88. The first-order valence-electron chi connectivity index (χ1n) is 20.7. The number of nitrogens with one attached hydrogen (secondary N) is 2. The van der Waals surface area contributed by atoms with Crippen LogP contribution in [0.2, 0.25) is 0 Å². The molecule has 64 heavy (non-hydrogen) atoms.